The highest BCUT2D eigenvalue weighted by atomic mass is 16.5. The van der Waals surface area contributed by atoms with E-state index in [0.29, 0.717) is 31.0 Å². The van der Waals surface area contributed by atoms with Crippen molar-refractivity contribution < 1.29 is 23.5 Å². The lowest BCUT2D eigenvalue weighted by Gasteiger charge is -2.31. The third-order valence-electron chi connectivity index (χ3n) is 4.12. The second-order valence-corrected chi connectivity index (χ2v) is 5.83. The monoisotopic (exact) mass is 336 g/mol. The zero-order valence-electron chi connectivity index (χ0n) is 14.2. The highest BCUT2D eigenvalue weighted by molar-refractivity contribution is 5.95. The molecule has 0 radical (unpaired) electrons. The summed E-state index contributed by atoms with van der Waals surface area (Å²) >= 11 is 0. The fourth-order valence-electron chi connectivity index (χ4n) is 2.81. The molecule has 1 saturated heterocycles. The molecule has 1 unspecified atom stereocenters. The quantitative estimate of drug-likeness (QED) is 0.796. The molecule has 24 heavy (non-hydrogen) atoms. The lowest BCUT2D eigenvalue weighted by atomic mass is 9.98. The molecule has 1 N–H and O–H groups in total. The fourth-order valence-corrected chi connectivity index (χ4v) is 2.81. The lowest BCUT2D eigenvalue weighted by molar-refractivity contribution is -0.151. The smallest absolute Gasteiger partial charge is 0.310 e. The minimum absolute atomic E-state index is 0.0618. The number of furan rings is 1. The first-order chi connectivity index (χ1) is 11.5. The number of rotatable bonds is 6. The van der Waals surface area contributed by atoms with Crippen LogP contribution in [0.2, 0.25) is 0 Å². The average molecular weight is 336 g/mol. The second-order valence-electron chi connectivity index (χ2n) is 5.83. The number of nitrogens with zero attached hydrogens (tertiary/aromatic N) is 1. The number of amides is 2. The summed E-state index contributed by atoms with van der Waals surface area (Å²) in [5.74, 6) is -0.248. The Morgan fingerprint density at radius 2 is 2.21 bits per heavy atom. The number of carbonyl (C=O) groups is 3. The van der Waals surface area contributed by atoms with Gasteiger partial charge in [0.05, 0.1) is 24.4 Å². The first-order valence-corrected chi connectivity index (χ1v) is 8.29. The van der Waals surface area contributed by atoms with Crippen molar-refractivity contribution in [3.63, 3.8) is 0 Å². The van der Waals surface area contributed by atoms with Crippen LogP contribution in [0.15, 0.2) is 16.7 Å². The Hall–Kier alpha value is -2.31. The van der Waals surface area contributed by atoms with Gasteiger partial charge in [-0.25, -0.2) is 0 Å². The van der Waals surface area contributed by atoms with Crippen LogP contribution >= 0.6 is 0 Å². The van der Waals surface area contributed by atoms with E-state index in [-0.39, 0.29) is 36.7 Å². The summed E-state index contributed by atoms with van der Waals surface area (Å²) in [5, 5.41) is 2.71. The summed E-state index contributed by atoms with van der Waals surface area (Å²) in [5.41, 5.74) is 0.475. The number of aryl methyl sites for hydroxylation is 1. The van der Waals surface area contributed by atoms with Crippen LogP contribution < -0.4 is 5.32 Å². The summed E-state index contributed by atoms with van der Waals surface area (Å²) in [6.07, 6.45) is 3.20. The van der Waals surface area contributed by atoms with Crippen LogP contribution in [0, 0.1) is 12.8 Å². The Bertz CT molecular complexity index is 596. The van der Waals surface area contributed by atoms with Crippen molar-refractivity contribution in [2.75, 3.05) is 26.2 Å². The third kappa shape index (κ3) is 4.59. The van der Waals surface area contributed by atoms with Crippen LogP contribution in [-0.2, 0) is 14.3 Å². The topological polar surface area (TPSA) is 88.9 Å². The Morgan fingerprint density at radius 3 is 2.88 bits per heavy atom. The van der Waals surface area contributed by atoms with Crippen molar-refractivity contribution in [1.29, 1.82) is 0 Å². The molecule has 2 rings (SSSR count). The zero-order valence-corrected chi connectivity index (χ0v) is 14.2. The first-order valence-electron chi connectivity index (χ1n) is 8.29. The number of ether oxygens (including phenoxy) is 1. The summed E-state index contributed by atoms with van der Waals surface area (Å²) in [6.45, 7) is 5.12. The van der Waals surface area contributed by atoms with E-state index >= 15 is 0 Å². The number of nitrogens with one attached hydrogen (secondary N) is 1. The molecular weight excluding hydrogens is 312 g/mol. The van der Waals surface area contributed by atoms with E-state index < -0.39 is 0 Å². The van der Waals surface area contributed by atoms with E-state index in [9.17, 15) is 14.4 Å². The SMILES string of the molecule is CCOC(=O)C1CCCN(C(=O)CCNC(=O)c2ccoc2C)C1. The van der Waals surface area contributed by atoms with Crippen LogP contribution in [0.4, 0.5) is 0 Å². The van der Waals surface area contributed by atoms with E-state index in [0.717, 1.165) is 12.8 Å². The standard InChI is InChI=1S/C17H24N2O5/c1-3-23-17(22)13-5-4-9-19(11-13)15(20)6-8-18-16(21)14-7-10-24-12(14)2/h7,10,13H,3-6,8-9,11H2,1-2H3,(H,18,21). The van der Waals surface area contributed by atoms with E-state index in [2.05, 4.69) is 5.32 Å². The Kier molecular flexibility index (Phi) is 6.40. The number of piperidine rings is 1. The van der Waals surface area contributed by atoms with Gasteiger partial charge in [0.25, 0.3) is 5.91 Å². The molecule has 0 aliphatic carbocycles. The fraction of sp³-hybridized carbons (Fsp3) is 0.588. The maximum Gasteiger partial charge on any atom is 0.310 e. The van der Waals surface area contributed by atoms with Gasteiger partial charge in [0.1, 0.15) is 5.76 Å². The molecule has 0 bridgehead atoms. The maximum absolute atomic E-state index is 12.3. The molecule has 1 atom stereocenters. The van der Waals surface area contributed by atoms with Gasteiger partial charge in [0.15, 0.2) is 0 Å². The largest absolute Gasteiger partial charge is 0.469 e. The molecule has 7 nitrogen and oxygen atoms in total. The molecule has 132 valence electrons. The van der Waals surface area contributed by atoms with Crippen molar-refractivity contribution >= 4 is 17.8 Å². The predicted molar refractivity (Wildman–Crippen MR) is 86.3 cm³/mol. The van der Waals surface area contributed by atoms with Gasteiger partial charge in [-0.1, -0.05) is 0 Å². The lowest BCUT2D eigenvalue weighted by Crippen LogP contribution is -2.43. The number of esters is 1. The van der Waals surface area contributed by atoms with Crippen molar-refractivity contribution in [1.82, 2.24) is 10.2 Å². The zero-order chi connectivity index (χ0) is 17.5. The molecule has 0 saturated carbocycles. The molecule has 7 heteroatoms. The van der Waals surface area contributed by atoms with Crippen LogP contribution in [-0.4, -0.2) is 48.9 Å². The molecule has 1 fully saturated rings. The molecule has 0 spiro atoms. The highest BCUT2D eigenvalue weighted by Crippen LogP contribution is 2.18. The molecule has 0 aromatic carbocycles. The number of hydrogen-bond acceptors (Lipinski definition) is 5. The Balaban J connectivity index is 1.77. The van der Waals surface area contributed by atoms with Gasteiger partial charge in [0.2, 0.25) is 5.91 Å². The number of carbonyl (C=O) groups excluding carboxylic acids is 3. The van der Waals surface area contributed by atoms with Crippen LogP contribution in [0.1, 0.15) is 42.3 Å². The van der Waals surface area contributed by atoms with Crippen molar-refractivity contribution in [3.05, 3.63) is 23.7 Å². The van der Waals surface area contributed by atoms with Crippen molar-refractivity contribution in [3.8, 4) is 0 Å². The van der Waals surface area contributed by atoms with Gasteiger partial charge >= 0.3 is 5.97 Å². The minimum Gasteiger partial charge on any atom is -0.469 e. The maximum atomic E-state index is 12.3. The highest BCUT2D eigenvalue weighted by Gasteiger charge is 2.29. The van der Waals surface area contributed by atoms with Crippen LogP contribution in [0.5, 0.6) is 0 Å². The van der Waals surface area contributed by atoms with Crippen LogP contribution in [0.25, 0.3) is 0 Å². The van der Waals surface area contributed by atoms with E-state index in [1.165, 1.54) is 6.26 Å². The van der Waals surface area contributed by atoms with Crippen molar-refractivity contribution in [2.24, 2.45) is 5.92 Å². The van der Waals surface area contributed by atoms with Gasteiger partial charge in [-0.2, -0.15) is 0 Å². The van der Waals surface area contributed by atoms with E-state index in [1.54, 1.807) is 24.8 Å². The van der Waals surface area contributed by atoms with Crippen LogP contribution in [0.3, 0.4) is 0 Å². The Morgan fingerprint density at radius 1 is 1.42 bits per heavy atom. The molecular formula is C17H24N2O5. The van der Waals surface area contributed by atoms with Gasteiger partial charge < -0.3 is 19.4 Å². The van der Waals surface area contributed by atoms with E-state index in [1.807, 2.05) is 0 Å². The molecule has 2 amide bonds. The molecule has 1 aromatic rings. The Labute approximate surface area is 141 Å². The summed E-state index contributed by atoms with van der Waals surface area (Å²) < 4.78 is 10.1. The summed E-state index contributed by atoms with van der Waals surface area (Å²) in [4.78, 5) is 37.7. The summed E-state index contributed by atoms with van der Waals surface area (Å²) in [7, 11) is 0. The molecule has 1 aliphatic rings. The van der Waals surface area contributed by atoms with Gasteiger partial charge in [-0.05, 0) is 32.8 Å². The summed E-state index contributed by atoms with van der Waals surface area (Å²) in [6, 6.07) is 1.60. The molecule has 1 aliphatic heterocycles. The first kappa shape index (κ1) is 18.0. The number of likely N-dealkylation sites (tertiary alicyclic amines) is 1. The number of hydrogen-bond donors (Lipinski definition) is 1. The average Bonchev–Trinajstić information content (AvgIpc) is 3.01. The van der Waals surface area contributed by atoms with Gasteiger partial charge in [-0.15, -0.1) is 0 Å². The predicted octanol–water partition coefficient (Wildman–Crippen LogP) is 1.51. The van der Waals surface area contributed by atoms with E-state index in [4.69, 9.17) is 9.15 Å². The second kappa shape index (κ2) is 8.52. The molecule has 1 aromatic heterocycles. The third-order valence-corrected chi connectivity index (χ3v) is 4.12. The molecule has 2 heterocycles. The normalized spacial score (nSPS) is 17.4. The minimum atomic E-state index is -0.253. The van der Waals surface area contributed by atoms with Gasteiger partial charge in [-0.3, -0.25) is 14.4 Å². The van der Waals surface area contributed by atoms with Crippen molar-refractivity contribution in [2.45, 2.75) is 33.1 Å². The van der Waals surface area contributed by atoms with Gasteiger partial charge in [0, 0.05) is 26.1 Å².